The minimum absolute atomic E-state index is 0.00620. The number of rotatable bonds is 7. The van der Waals surface area contributed by atoms with Crippen LogP contribution < -0.4 is 10.2 Å². The van der Waals surface area contributed by atoms with E-state index in [9.17, 15) is 27.2 Å². The number of ether oxygens (including phenoxy) is 1. The maximum atomic E-state index is 14.2. The second-order valence-corrected chi connectivity index (χ2v) is 9.21. The van der Waals surface area contributed by atoms with Crippen LogP contribution in [0.3, 0.4) is 0 Å². The average molecular weight is 520 g/mol. The number of halogens is 5. The predicted octanol–water partition coefficient (Wildman–Crippen LogP) is 4.77. The first kappa shape index (κ1) is 26.2. The number of amides is 2. The van der Waals surface area contributed by atoms with Gasteiger partial charge in [-0.2, -0.15) is 13.2 Å². The number of aromatic nitrogens is 1. The monoisotopic (exact) mass is 519 g/mol. The summed E-state index contributed by atoms with van der Waals surface area (Å²) in [5.41, 5.74) is -8.57. The summed E-state index contributed by atoms with van der Waals surface area (Å²) in [6, 6.07) is 7.55. The van der Waals surface area contributed by atoms with E-state index in [4.69, 9.17) is 16.3 Å². The second kappa shape index (κ2) is 10.9. The molecule has 1 fully saturated rings. The summed E-state index contributed by atoms with van der Waals surface area (Å²) in [5.74, 6) is -1.86. The van der Waals surface area contributed by atoms with Crippen LogP contribution in [0.2, 0.25) is 0 Å². The molecule has 0 bridgehead atoms. The summed E-state index contributed by atoms with van der Waals surface area (Å²) in [4.78, 5) is 31.4. The van der Waals surface area contributed by atoms with Crippen LogP contribution in [0.5, 0.6) is 0 Å². The minimum Gasteiger partial charge on any atom is -0.381 e. The molecule has 6 nitrogen and oxygen atoms in total. The number of nitrogens with one attached hydrogen (secondary N) is 1. The first-order valence-electron chi connectivity index (χ1n) is 10.3. The predicted molar refractivity (Wildman–Crippen MR) is 120 cm³/mol. The summed E-state index contributed by atoms with van der Waals surface area (Å²) < 4.78 is 57.7. The van der Waals surface area contributed by atoms with Crippen molar-refractivity contribution >= 4 is 40.9 Å². The zero-order valence-corrected chi connectivity index (χ0v) is 19.6. The average Bonchev–Trinajstić information content (AvgIpc) is 2.80. The van der Waals surface area contributed by atoms with E-state index >= 15 is 0 Å². The molecule has 2 aromatic rings. The van der Waals surface area contributed by atoms with E-state index in [0.717, 1.165) is 17.0 Å². The highest BCUT2D eigenvalue weighted by Gasteiger charge is 2.47. The molecule has 0 spiro atoms. The number of hydrogen-bond acceptors (Lipinski definition) is 5. The quantitative estimate of drug-likeness (QED) is 0.324. The van der Waals surface area contributed by atoms with Crippen LogP contribution in [-0.2, 0) is 19.9 Å². The molecule has 2 amide bonds. The number of pyridine rings is 1. The highest BCUT2D eigenvalue weighted by Crippen LogP contribution is 2.39. The lowest BCUT2D eigenvalue weighted by atomic mass is 9.88. The second-order valence-electron chi connectivity index (χ2n) is 7.69. The SMILES string of the molecule is C[C@](C(=O)NC1CCOCC1)(c1cccnc1)N(C(=O)[C@H](F)Cl)c1ccc(SC(F)(F)F)cc1. The van der Waals surface area contributed by atoms with Crippen molar-refractivity contribution in [2.45, 2.75) is 47.4 Å². The number of nitrogens with zero attached hydrogens (tertiary/aromatic N) is 2. The van der Waals surface area contributed by atoms with Crippen LogP contribution >= 0.6 is 23.4 Å². The van der Waals surface area contributed by atoms with Gasteiger partial charge >= 0.3 is 5.51 Å². The first-order valence-corrected chi connectivity index (χ1v) is 11.5. The van der Waals surface area contributed by atoms with Gasteiger partial charge in [-0.15, -0.1) is 0 Å². The Morgan fingerprint density at radius 2 is 1.85 bits per heavy atom. The Morgan fingerprint density at radius 1 is 1.21 bits per heavy atom. The van der Waals surface area contributed by atoms with Crippen molar-refractivity contribution < 1.29 is 31.9 Å². The van der Waals surface area contributed by atoms with Crippen LogP contribution in [-0.4, -0.2) is 47.2 Å². The maximum Gasteiger partial charge on any atom is 0.446 e. The third-order valence-electron chi connectivity index (χ3n) is 5.41. The topological polar surface area (TPSA) is 71.5 Å². The van der Waals surface area contributed by atoms with Gasteiger partial charge in [0.25, 0.3) is 17.4 Å². The number of carbonyl (C=O) groups is 2. The molecular weight excluding hydrogens is 498 g/mol. The first-order chi connectivity index (χ1) is 16.0. The Morgan fingerprint density at radius 3 is 2.38 bits per heavy atom. The molecule has 0 unspecified atom stereocenters. The lowest BCUT2D eigenvalue weighted by Crippen LogP contribution is -2.60. The summed E-state index contributed by atoms with van der Waals surface area (Å²) >= 11 is 5.17. The van der Waals surface area contributed by atoms with Gasteiger partial charge in [-0.25, -0.2) is 4.39 Å². The van der Waals surface area contributed by atoms with Gasteiger partial charge in [0.2, 0.25) is 0 Å². The van der Waals surface area contributed by atoms with E-state index in [2.05, 4.69) is 10.3 Å². The highest BCUT2D eigenvalue weighted by molar-refractivity contribution is 8.00. The number of alkyl halides is 5. The number of thioether (sulfide) groups is 1. The summed E-state index contributed by atoms with van der Waals surface area (Å²) in [7, 11) is 0. The van der Waals surface area contributed by atoms with Crippen LogP contribution in [0, 0.1) is 0 Å². The fourth-order valence-corrected chi connectivity index (χ4v) is 4.32. The standard InChI is InChI=1S/C22H22ClF4N3O3S/c1-21(14-3-2-10-28-13-14,20(32)29-15-8-11-33-12-9-15)30(19(31)18(23)24)16-4-6-17(7-5-16)34-22(25,26)27/h2-7,10,13,15,18H,8-9,11-12H2,1H3,(H,29,32)/t18-,21+/m0/s1. The third-order valence-corrected chi connectivity index (χ3v) is 6.33. The van der Waals surface area contributed by atoms with Crippen LogP contribution in [0.15, 0.2) is 53.7 Å². The van der Waals surface area contributed by atoms with Gasteiger partial charge < -0.3 is 10.1 Å². The molecule has 2 atom stereocenters. The molecule has 0 radical (unpaired) electrons. The Labute approximate surface area is 203 Å². The van der Waals surface area contributed by atoms with E-state index in [1.165, 1.54) is 31.5 Å². The molecule has 12 heteroatoms. The van der Waals surface area contributed by atoms with Crippen molar-refractivity contribution in [1.29, 1.82) is 0 Å². The van der Waals surface area contributed by atoms with E-state index in [1.54, 1.807) is 12.1 Å². The molecule has 1 aromatic carbocycles. The van der Waals surface area contributed by atoms with Gasteiger partial charge in [-0.05, 0) is 61.9 Å². The van der Waals surface area contributed by atoms with Crippen LogP contribution in [0.1, 0.15) is 25.3 Å². The number of carbonyl (C=O) groups excluding carboxylic acids is 2. The van der Waals surface area contributed by atoms with Crippen molar-refractivity contribution in [2.75, 3.05) is 18.1 Å². The van der Waals surface area contributed by atoms with Gasteiger partial charge in [-0.3, -0.25) is 19.5 Å². The zero-order chi connectivity index (χ0) is 24.9. The Hall–Kier alpha value is -2.37. The largest absolute Gasteiger partial charge is 0.446 e. The van der Waals surface area contributed by atoms with Crippen molar-refractivity contribution in [2.24, 2.45) is 0 Å². The molecular formula is C22H22ClF4N3O3S. The Kier molecular flexibility index (Phi) is 8.43. The molecule has 3 rings (SSSR count). The Bertz CT molecular complexity index is 989. The smallest absolute Gasteiger partial charge is 0.381 e. The summed E-state index contributed by atoms with van der Waals surface area (Å²) in [5, 5.41) is 2.89. The molecule has 0 saturated carbocycles. The molecule has 1 saturated heterocycles. The van der Waals surface area contributed by atoms with E-state index in [1.807, 2.05) is 0 Å². The molecule has 1 aliphatic rings. The number of anilines is 1. The molecule has 1 aromatic heterocycles. The van der Waals surface area contributed by atoms with Gasteiger partial charge in [0, 0.05) is 47.8 Å². The van der Waals surface area contributed by atoms with Gasteiger partial charge in [0.15, 0.2) is 5.54 Å². The highest BCUT2D eigenvalue weighted by atomic mass is 35.5. The summed E-state index contributed by atoms with van der Waals surface area (Å²) in [6.07, 6.45) is 3.93. The molecule has 2 heterocycles. The lowest BCUT2D eigenvalue weighted by molar-refractivity contribution is -0.132. The van der Waals surface area contributed by atoms with Gasteiger partial charge in [0.05, 0.1) is 0 Å². The van der Waals surface area contributed by atoms with Gasteiger partial charge in [0.1, 0.15) is 0 Å². The third kappa shape index (κ3) is 6.19. The molecule has 1 N–H and O–H groups in total. The lowest BCUT2D eigenvalue weighted by Gasteiger charge is -2.41. The van der Waals surface area contributed by atoms with E-state index in [-0.39, 0.29) is 34.0 Å². The van der Waals surface area contributed by atoms with Crippen molar-refractivity contribution in [3.05, 3.63) is 54.4 Å². The van der Waals surface area contributed by atoms with Crippen LogP contribution in [0.25, 0.3) is 0 Å². The van der Waals surface area contributed by atoms with Crippen LogP contribution in [0.4, 0.5) is 23.2 Å². The number of hydrogen-bond donors (Lipinski definition) is 1. The van der Waals surface area contributed by atoms with Crippen molar-refractivity contribution in [1.82, 2.24) is 10.3 Å². The number of benzene rings is 1. The molecule has 0 aliphatic carbocycles. The minimum atomic E-state index is -4.51. The molecule has 34 heavy (non-hydrogen) atoms. The summed E-state index contributed by atoms with van der Waals surface area (Å²) in [6.45, 7) is 2.31. The zero-order valence-electron chi connectivity index (χ0n) is 18.0. The fourth-order valence-electron chi connectivity index (χ4n) is 3.68. The molecule has 184 valence electrons. The maximum absolute atomic E-state index is 14.2. The molecule has 1 aliphatic heterocycles. The van der Waals surface area contributed by atoms with Crippen molar-refractivity contribution in [3.8, 4) is 0 Å². The fraction of sp³-hybridized carbons (Fsp3) is 0.409. The Balaban J connectivity index is 2.07. The van der Waals surface area contributed by atoms with E-state index in [0.29, 0.717) is 26.1 Å². The van der Waals surface area contributed by atoms with E-state index < -0.39 is 28.5 Å². The normalized spacial score (nSPS) is 17.5. The van der Waals surface area contributed by atoms with Gasteiger partial charge in [-0.1, -0.05) is 17.7 Å². The van der Waals surface area contributed by atoms with Crippen molar-refractivity contribution in [3.63, 3.8) is 0 Å².